The molecule has 0 aliphatic carbocycles. The average Bonchev–Trinajstić information content (AvgIpc) is 3.96. The molecular weight excluding hydrogens is 861 g/mol. The minimum Gasteiger partial charge on any atom is -0.463 e. The van der Waals surface area contributed by atoms with Crippen molar-refractivity contribution in [2.45, 2.75) is 225 Å². The van der Waals surface area contributed by atoms with Crippen LogP contribution in [0.1, 0.15) is 190 Å². The lowest BCUT2D eigenvalue weighted by molar-refractivity contribution is -0.380. The third-order valence-corrected chi connectivity index (χ3v) is 17.0. The molecule has 12 unspecified atom stereocenters. The molecule has 4 saturated heterocycles. The number of unbranched alkanes of at least 4 members (excludes halogenated alkanes) is 3. The number of ether oxygens (including phenoxy) is 6. The van der Waals surface area contributed by atoms with Gasteiger partial charge in [-0.05, 0) is 91.2 Å². The molecule has 2 aromatic rings. The Morgan fingerprint density at radius 2 is 1.06 bits per heavy atom. The molecule has 4 fully saturated rings. The Morgan fingerprint density at radius 3 is 1.50 bits per heavy atom. The van der Waals surface area contributed by atoms with Gasteiger partial charge in [0.1, 0.15) is 36.8 Å². The summed E-state index contributed by atoms with van der Waals surface area (Å²) in [6.07, 6.45) is 8.49. The summed E-state index contributed by atoms with van der Waals surface area (Å²) in [7, 11) is 0. The summed E-state index contributed by atoms with van der Waals surface area (Å²) in [5.41, 5.74) is 0.915. The Labute approximate surface area is 409 Å². The molecule has 0 radical (unpaired) electrons. The molecule has 0 amide bonds. The van der Waals surface area contributed by atoms with Gasteiger partial charge in [-0.3, -0.25) is 19.3 Å². The fraction of sp³-hybridized carbons (Fsp3) is 0.750. The number of carbonyl (C=O) groups excluding carboxylic acids is 2. The van der Waals surface area contributed by atoms with Gasteiger partial charge in [0.25, 0.3) is 0 Å². The number of Topliss-reactive ketones (excluding diaryl/α,β-unsaturated/α-hetero) is 1. The topological polar surface area (TPSA) is 114 Å². The fourth-order valence-electron chi connectivity index (χ4n) is 11.6. The monoisotopic (exact) mass is 949 g/mol. The van der Waals surface area contributed by atoms with Crippen LogP contribution in [-0.2, 0) is 47.7 Å². The Morgan fingerprint density at radius 1 is 0.618 bits per heavy atom. The van der Waals surface area contributed by atoms with Crippen molar-refractivity contribution in [2.24, 2.45) is 11.8 Å². The molecule has 2 aromatic carbocycles. The quantitative estimate of drug-likeness (QED) is 0.0737. The van der Waals surface area contributed by atoms with Crippen molar-refractivity contribution < 1.29 is 47.7 Å². The van der Waals surface area contributed by atoms with Crippen LogP contribution in [0.3, 0.4) is 0 Å². The maximum Gasteiger partial charge on any atom is 0.305 e. The number of esters is 1. The third kappa shape index (κ3) is 11.8. The Hall–Kier alpha value is -2.78. The molecule has 0 aromatic heterocycles. The van der Waals surface area contributed by atoms with Crippen LogP contribution in [0, 0.1) is 11.8 Å². The van der Waals surface area contributed by atoms with Crippen LogP contribution in [0.5, 0.6) is 0 Å². The van der Waals surface area contributed by atoms with E-state index in [4.69, 9.17) is 38.1 Å². The van der Waals surface area contributed by atoms with Crippen molar-refractivity contribution in [2.75, 3.05) is 33.0 Å². The zero-order chi connectivity index (χ0) is 49.4. The van der Waals surface area contributed by atoms with Crippen molar-refractivity contribution in [1.82, 2.24) is 10.1 Å². The maximum atomic E-state index is 12.8. The van der Waals surface area contributed by atoms with Crippen molar-refractivity contribution in [3.63, 3.8) is 0 Å². The van der Waals surface area contributed by atoms with Gasteiger partial charge in [0.2, 0.25) is 0 Å². The summed E-state index contributed by atoms with van der Waals surface area (Å²) >= 11 is 0. The van der Waals surface area contributed by atoms with Crippen LogP contribution in [0.2, 0.25) is 0 Å². The lowest BCUT2D eigenvalue weighted by Gasteiger charge is -2.62. The molecule has 0 N–H and O–H groups in total. The van der Waals surface area contributed by atoms with Gasteiger partial charge in [-0.15, -0.1) is 0 Å². The predicted octanol–water partition coefficient (Wildman–Crippen LogP) is 11.8. The van der Waals surface area contributed by atoms with E-state index in [0.717, 1.165) is 62.5 Å². The highest BCUT2D eigenvalue weighted by molar-refractivity contribution is 5.78. The molecule has 68 heavy (non-hydrogen) atoms. The molecule has 0 saturated carbocycles. The minimum atomic E-state index is -0.806. The first kappa shape index (κ1) is 54.6. The van der Waals surface area contributed by atoms with E-state index in [1.54, 1.807) is 0 Å². The van der Waals surface area contributed by atoms with E-state index in [1.807, 2.05) is 24.3 Å². The number of carbonyl (C=O) groups is 2. The molecule has 4 aliphatic heterocycles. The molecule has 4 heterocycles. The molecule has 382 valence electrons. The molecule has 12 atom stereocenters. The Bertz CT molecular complexity index is 1910. The number of hydroxylamine groups is 4. The second kappa shape index (κ2) is 23.2. The SMILES string of the molecule is CCC1(C)CC2(OCC(COCCC(=O)CCCCCCC(=O)OCC3COC4(CC(C)(CC)N(OC(C)c5ccccc5)C(C)(CC)C4C)O3)O2)C(C)C(C)(CC)N1OC(C)c1ccccc1. The number of ketones is 1. The minimum absolute atomic E-state index is 0.0118. The van der Waals surface area contributed by atoms with E-state index < -0.39 is 11.6 Å². The lowest BCUT2D eigenvalue weighted by atomic mass is 9.67. The Kier molecular flexibility index (Phi) is 18.6. The molecule has 12 heteroatoms. The van der Waals surface area contributed by atoms with Crippen LogP contribution >= 0.6 is 0 Å². The van der Waals surface area contributed by atoms with Gasteiger partial charge < -0.3 is 28.4 Å². The molecule has 6 rings (SSSR count). The average molecular weight is 949 g/mol. The number of nitrogens with zero attached hydrogens (tertiary/aromatic N) is 2. The zero-order valence-corrected chi connectivity index (χ0v) is 43.9. The van der Waals surface area contributed by atoms with E-state index in [2.05, 4.69) is 130 Å². The smallest absolute Gasteiger partial charge is 0.305 e. The Balaban J connectivity index is 0.856. The third-order valence-electron chi connectivity index (χ3n) is 17.0. The van der Waals surface area contributed by atoms with E-state index in [9.17, 15) is 9.59 Å². The second-order valence-corrected chi connectivity index (χ2v) is 21.5. The number of rotatable bonds is 24. The van der Waals surface area contributed by atoms with Crippen molar-refractivity contribution in [3.05, 3.63) is 71.8 Å². The van der Waals surface area contributed by atoms with Gasteiger partial charge >= 0.3 is 5.97 Å². The predicted molar refractivity (Wildman–Crippen MR) is 264 cm³/mol. The van der Waals surface area contributed by atoms with E-state index in [0.29, 0.717) is 58.5 Å². The summed E-state index contributed by atoms with van der Waals surface area (Å²) in [5.74, 6) is -1.58. The number of hydrogen-bond donors (Lipinski definition) is 0. The molecular formula is C56H88N2O10. The van der Waals surface area contributed by atoms with Crippen molar-refractivity contribution >= 4 is 11.8 Å². The van der Waals surface area contributed by atoms with E-state index in [1.165, 1.54) is 0 Å². The van der Waals surface area contributed by atoms with Gasteiger partial charge in [0.15, 0.2) is 11.6 Å². The van der Waals surface area contributed by atoms with Gasteiger partial charge in [-0.2, -0.15) is 10.1 Å². The van der Waals surface area contributed by atoms with Gasteiger partial charge in [0.05, 0.1) is 37.5 Å². The van der Waals surface area contributed by atoms with Crippen molar-refractivity contribution in [1.29, 1.82) is 0 Å². The lowest BCUT2D eigenvalue weighted by Crippen LogP contribution is -2.71. The summed E-state index contributed by atoms with van der Waals surface area (Å²) in [6, 6.07) is 20.7. The normalized spacial score (nSPS) is 35.2. The summed E-state index contributed by atoms with van der Waals surface area (Å²) in [5, 5.41) is 4.51. The highest BCUT2D eigenvalue weighted by atomic mass is 16.8. The number of hydrogen-bond acceptors (Lipinski definition) is 12. The van der Waals surface area contributed by atoms with Gasteiger partial charge in [-0.25, -0.2) is 0 Å². The van der Waals surface area contributed by atoms with Gasteiger partial charge in [0, 0.05) is 55.0 Å². The first-order valence-corrected chi connectivity index (χ1v) is 26.3. The van der Waals surface area contributed by atoms with Gasteiger partial charge in [-0.1, -0.05) is 115 Å². The van der Waals surface area contributed by atoms with E-state index in [-0.39, 0.29) is 76.8 Å². The highest BCUT2D eigenvalue weighted by Gasteiger charge is 2.66. The summed E-state index contributed by atoms with van der Waals surface area (Å²) in [6.45, 7) is 28.3. The largest absolute Gasteiger partial charge is 0.463 e. The first-order chi connectivity index (χ1) is 32.4. The van der Waals surface area contributed by atoms with Crippen molar-refractivity contribution in [3.8, 4) is 0 Å². The highest BCUT2D eigenvalue weighted by Crippen LogP contribution is 2.56. The second-order valence-electron chi connectivity index (χ2n) is 21.5. The van der Waals surface area contributed by atoms with E-state index >= 15 is 0 Å². The maximum absolute atomic E-state index is 12.8. The fourth-order valence-corrected chi connectivity index (χ4v) is 11.6. The van der Waals surface area contributed by atoms with Crippen LogP contribution in [0.4, 0.5) is 0 Å². The molecule has 2 spiro atoms. The molecule has 4 aliphatic rings. The number of piperidine rings is 2. The summed E-state index contributed by atoms with van der Waals surface area (Å²) in [4.78, 5) is 39.3. The standard InChI is InChI=1S/C56H88N2O10/c1-13-51(9)39-55(43(7)53(11,15-3)57(51)67-41(5)45-27-21-19-22-28-45)63-37-48(65-55)35-61-34-33-47(59)31-25-17-18-26-32-50(60)62-36-49-38-64-56(66-49)40-52(10,14-2)58(54(12,16-4)44(56)8)68-42(6)46-29-23-20-24-30-46/h19-24,27-30,41-44,48-49H,13-18,25-26,31-40H2,1-12H3. The molecule has 12 nitrogen and oxygen atoms in total. The van der Waals surface area contributed by atoms with Crippen LogP contribution < -0.4 is 0 Å². The molecule has 0 bridgehead atoms. The first-order valence-electron chi connectivity index (χ1n) is 26.3. The zero-order valence-electron chi connectivity index (χ0n) is 43.9. The van der Waals surface area contributed by atoms with Crippen LogP contribution in [0.25, 0.3) is 0 Å². The summed E-state index contributed by atoms with van der Waals surface area (Å²) < 4.78 is 38.6. The van der Waals surface area contributed by atoms with Crippen LogP contribution in [0.15, 0.2) is 60.7 Å². The number of benzene rings is 2. The van der Waals surface area contributed by atoms with Crippen LogP contribution in [-0.4, -0.2) is 101 Å².